The van der Waals surface area contributed by atoms with Crippen LogP contribution in [0.15, 0.2) is 18.2 Å². The fraction of sp³-hybridized carbons (Fsp3) is 0.742. The Labute approximate surface area is 546 Å². The number of amides is 11. The molecule has 2 N–H and O–H groups in total. The highest BCUT2D eigenvalue weighted by Gasteiger charge is 2.50. The van der Waals surface area contributed by atoms with Gasteiger partial charge in [-0.1, -0.05) is 89.3 Å². The molecule has 0 bridgehead atoms. The largest absolute Gasteiger partial charge is 0.417 e. The molecule has 3 aliphatic heterocycles. The van der Waals surface area contributed by atoms with Crippen molar-refractivity contribution >= 4 is 76.6 Å². The van der Waals surface area contributed by atoms with Crippen LogP contribution in [0.3, 0.4) is 0 Å². The Morgan fingerprint density at radius 2 is 1.23 bits per heavy atom. The van der Waals surface area contributed by atoms with E-state index in [0.717, 1.165) is 68.4 Å². The molecule has 1 aromatic rings. The summed E-state index contributed by atoms with van der Waals surface area (Å²) in [5.41, 5.74) is -2.38. The Morgan fingerprint density at radius 1 is 0.630 bits per heavy atom. The second-order valence-electron chi connectivity index (χ2n) is 27.3. The van der Waals surface area contributed by atoms with E-state index in [1.807, 2.05) is 6.92 Å². The molecule has 2 saturated carbocycles. The van der Waals surface area contributed by atoms with Gasteiger partial charge in [0.1, 0.15) is 53.9 Å². The van der Waals surface area contributed by atoms with Crippen molar-refractivity contribution < 1.29 is 65.9 Å². The van der Waals surface area contributed by atoms with Gasteiger partial charge in [-0.3, -0.25) is 52.7 Å². The van der Waals surface area contributed by atoms with E-state index >= 15 is 9.59 Å². The average Bonchev–Trinajstić information content (AvgIpc) is 1.02. The SMILES string of the molecule is CC[C@H](C)[C@@H]1NC(=O)[C@H](C)N(C)C(=O)C[C@@H](C)N(C)C(=O)C(C2CCCCC2)N(C)C(=O)C(C)(C)N(C)C(=O)[C@@H]2CCCN2C(=O)[C@H](CCc2ccc(C(F)(F)F)c(Cl)c2)NC(=O)CN(C)C(=O)[C@H](CC2CCCCC2)N(C)C(=O)[C@@H]2CCN2C(=O)[C@H](C)N(C)C1=O. The van der Waals surface area contributed by atoms with Crippen molar-refractivity contribution in [2.45, 2.75) is 230 Å². The molecule has 11 amide bonds. The second-order valence-corrected chi connectivity index (χ2v) is 27.7. The number of aryl methyl sites for hydroxylation is 1. The summed E-state index contributed by atoms with van der Waals surface area (Å²) in [6.45, 7) is 11.1. The maximum absolute atomic E-state index is 15.1. The van der Waals surface area contributed by atoms with E-state index in [1.54, 1.807) is 34.7 Å². The zero-order chi connectivity index (χ0) is 68.6. The molecule has 2 aliphatic carbocycles. The first-order chi connectivity index (χ1) is 43.1. The number of nitrogens with one attached hydrogen (secondary N) is 2. The molecular weight excluding hydrogens is 1220 g/mol. The summed E-state index contributed by atoms with van der Waals surface area (Å²) in [4.78, 5) is 173. The van der Waals surface area contributed by atoms with Gasteiger partial charge in [-0.25, -0.2) is 0 Å². The Bertz CT molecular complexity index is 2890. The summed E-state index contributed by atoms with van der Waals surface area (Å²) in [5.74, 6) is -7.17. The number of carbonyl (C=O) groups is 11. The van der Waals surface area contributed by atoms with E-state index in [4.69, 9.17) is 11.6 Å². The monoisotopic (exact) mass is 1320 g/mol. The highest BCUT2D eigenvalue weighted by Crippen LogP contribution is 2.37. The molecule has 5 fully saturated rings. The zero-order valence-corrected chi connectivity index (χ0v) is 57.3. The van der Waals surface area contributed by atoms with Gasteiger partial charge in [-0.15, -0.1) is 0 Å². The van der Waals surface area contributed by atoms with Gasteiger partial charge >= 0.3 is 6.18 Å². The van der Waals surface area contributed by atoms with Crippen molar-refractivity contribution in [3.63, 3.8) is 0 Å². The number of halogens is 4. The Morgan fingerprint density at radius 3 is 1.80 bits per heavy atom. The molecule has 6 rings (SSSR count). The molecule has 10 atom stereocenters. The van der Waals surface area contributed by atoms with E-state index in [9.17, 15) is 56.3 Å². The predicted molar refractivity (Wildman–Crippen MR) is 340 cm³/mol. The number of hydrogen-bond donors (Lipinski definition) is 2. The van der Waals surface area contributed by atoms with Gasteiger partial charge in [0.2, 0.25) is 65.0 Å². The van der Waals surface area contributed by atoms with Gasteiger partial charge in [-0.05, 0) is 121 Å². The molecule has 1 aromatic carbocycles. The van der Waals surface area contributed by atoms with Crippen molar-refractivity contribution in [1.82, 2.24) is 54.7 Å². The maximum Gasteiger partial charge on any atom is 0.417 e. The molecule has 5 aliphatic rings. The van der Waals surface area contributed by atoms with Gasteiger partial charge in [0, 0.05) is 74.9 Å². The lowest BCUT2D eigenvalue weighted by molar-refractivity contribution is -0.160. The lowest BCUT2D eigenvalue weighted by Crippen LogP contribution is -2.65. The highest BCUT2D eigenvalue weighted by molar-refractivity contribution is 6.31. The second kappa shape index (κ2) is 31.6. The first kappa shape index (κ1) is 74.5. The van der Waals surface area contributed by atoms with E-state index in [1.165, 1.54) is 101 Å². The van der Waals surface area contributed by atoms with Crippen LogP contribution >= 0.6 is 11.6 Å². The summed E-state index contributed by atoms with van der Waals surface area (Å²) in [5, 5.41) is 5.05. The Hall–Kier alpha value is -6.53. The topological polar surface area (TPSA) is 241 Å². The zero-order valence-electron chi connectivity index (χ0n) is 56.5. The van der Waals surface area contributed by atoms with Crippen molar-refractivity contribution in [3.8, 4) is 0 Å². The van der Waals surface area contributed by atoms with Crippen LogP contribution < -0.4 is 10.6 Å². The Balaban J connectivity index is 1.38. The summed E-state index contributed by atoms with van der Waals surface area (Å²) in [6.07, 6.45) is 4.44. The summed E-state index contributed by atoms with van der Waals surface area (Å²) in [7, 11) is 10.3. The normalized spacial score (nSPS) is 28.7. The Kier molecular flexibility index (Phi) is 25.6. The number of hydrogen-bond acceptors (Lipinski definition) is 11. The van der Waals surface area contributed by atoms with Crippen LogP contribution in [-0.2, 0) is 65.3 Å². The van der Waals surface area contributed by atoms with Crippen LogP contribution in [0.5, 0.6) is 0 Å². The molecule has 26 heteroatoms. The standard InChI is InChI=1S/C66H101ClF3N11O11/c1-15-39(2)54-62(90)76(11)42(5)57(85)81-34-32-50(81)60(88)77(12)51(37-43-23-18-16-19-24-43)59(87)73(8)38-52(82)71-48(31-29-44-28-30-46(47(67)36-44)66(68,69)70)58(86)80-33-22-27-49(80)61(89)79(14)65(6,7)64(92)78(13)55(45-25-20-17-21-26-45)63(91)74(9)40(3)35-53(83)75(10)41(4)56(84)72-54/h28,30,36,39-43,45,48-51,54-55H,15-27,29,31-35,37-38H2,1-14H3,(H,71,82)(H,72,84)/t39-,40+,41-,42-,48-,49-,50-,51-,54-,55?/m0/s1. The molecule has 3 heterocycles. The van der Waals surface area contributed by atoms with Crippen LogP contribution in [0.1, 0.15) is 169 Å². The minimum atomic E-state index is -4.75. The first-order valence-corrected chi connectivity index (χ1v) is 33.4. The van der Waals surface area contributed by atoms with Crippen molar-refractivity contribution in [1.29, 1.82) is 0 Å². The third-order valence-corrected chi connectivity index (χ3v) is 21.2. The van der Waals surface area contributed by atoms with Gasteiger partial charge in [-0.2, -0.15) is 13.2 Å². The van der Waals surface area contributed by atoms with E-state index < -0.39 is 154 Å². The average molecular weight is 1320 g/mol. The van der Waals surface area contributed by atoms with Crippen molar-refractivity contribution in [2.75, 3.05) is 69.0 Å². The third kappa shape index (κ3) is 17.1. The van der Waals surface area contributed by atoms with Crippen molar-refractivity contribution in [3.05, 3.63) is 34.3 Å². The molecule has 514 valence electrons. The quantitative estimate of drug-likeness (QED) is 0.318. The lowest BCUT2D eigenvalue weighted by Gasteiger charge is -2.45. The van der Waals surface area contributed by atoms with Crippen molar-refractivity contribution in [2.24, 2.45) is 17.8 Å². The fourth-order valence-electron chi connectivity index (χ4n) is 13.7. The number of fused-ring (bicyclic) bond motifs is 2. The van der Waals surface area contributed by atoms with Crippen LogP contribution in [-0.4, -0.2) is 238 Å². The molecular formula is C66H101ClF3N11O11. The third-order valence-electron chi connectivity index (χ3n) is 20.9. The smallest absolute Gasteiger partial charge is 0.343 e. The molecule has 0 aromatic heterocycles. The van der Waals surface area contributed by atoms with Crippen LogP contribution in [0.25, 0.3) is 0 Å². The molecule has 92 heavy (non-hydrogen) atoms. The van der Waals surface area contributed by atoms with Crippen LogP contribution in [0.4, 0.5) is 13.2 Å². The molecule has 1 unspecified atom stereocenters. The number of nitrogens with zero attached hydrogens (tertiary/aromatic N) is 9. The van der Waals surface area contributed by atoms with Gasteiger partial charge in [0.25, 0.3) is 0 Å². The molecule has 22 nitrogen and oxygen atoms in total. The first-order valence-electron chi connectivity index (χ1n) is 33.0. The van der Waals surface area contributed by atoms with Gasteiger partial charge < -0.3 is 54.7 Å². The summed E-state index contributed by atoms with van der Waals surface area (Å²) < 4.78 is 41.4. The van der Waals surface area contributed by atoms with E-state index in [0.29, 0.717) is 31.2 Å². The van der Waals surface area contributed by atoms with Crippen LogP contribution in [0, 0.1) is 17.8 Å². The van der Waals surface area contributed by atoms with Gasteiger partial charge in [0.15, 0.2) is 0 Å². The number of rotatable bonds is 8. The maximum atomic E-state index is 15.1. The number of carbonyl (C=O) groups excluding carboxylic acids is 11. The highest BCUT2D eigenvalue weighted by atomic mass is 35.5. The number of alkyl halides is 3. The molecule has 0 spiro atoms. The minimum absolute atomic E-state index is 0.0384. The van der Waals surface area contributed by atoms with Gasteiger partial charge in [0.05, 0.1) is 17.1 Å². The molecule has 0 radical (unpaired) electrons. The lowest BCUT2D eigenvalue weighted by atomic mass is 9.82. The van der Waals surface area contributed by atoms with E-state index in [2.05, 4.69) is 10.6 Å². The van der Waals surface area contributed by atoms with Crippen LogP contribution in [0.2, 0.25) is 5.02 Å². The van der Waals surface area contributed by atoms with E-state index in [-0.39, 0.29) is 63.5 Å². The predicted octanol–water partition coefficient (Wildman–Crippen LogP) is 5.74. The fourth-order valence-corrected chi connectivity index (χ4v) is 14.0. The number of likely N-dealkylation sites (N-methyl/N-ethyl adjacent to an activating group) is 7. The summed E-state index contributed by atoms with van der Waals surface area (Å²) >= 11 is 6.13. The molecule has 3 saturated heterocycles. The number of benzene rings is 1. The minimum Gasteiger partial charge on any atom is -0.343 e. The summed E-state index contributed by atoms with van der Waals surface area (Å²) in [6, 6.07) is -6.60.